The van der Waals surface area contributed by atoms with Crippen LogP contribution in [-0.2, 0) is 0 Å². The topological polar surface area (TPSA) is 21.6 Å². The Kier molecular flexibility index (Phi) is 2.85. The fourth-order valence-corrected chi connectivity index (χ4v) is 3.52. The third kappa shape index (κ3) is 1.95. The van der Waals surface area contributed by atoms with Gasteiger partial charge in [0, 0.05) is 28.0 Å². The Balaban J connectivity index is 1.90. The summed E-state index contributed by atoms with van der Waals surface area (Å²) in [4.78, 5) is 5.85. The number of aliphatic imine (C=N–C) groups is 1. The lowest BCUT2D eigenvalue weighted by Crippen LogP contribution is -1.99. The summed E-state index contributed by atoms with van der Waals surface area (Å²) in [5.41, 5.74) is 3.25. The lowest BCUT2D eigenvalue weighted by Gasteiger charge is -2.13. The summed E-state index contributed by atoms with van der Waals surface area (Å²) in [6, 6.07) is 16.4. The first-order valence-corrected chi connectivity index (χ1v) is 7.67. The van der Waals surface area contributed by atoms with E-state index in [4.69, 9.17) is 4.74 Å². The molecule has 0 N–H and O–H groups in total. The van der Waals surface area contributed by atoms with E-state index >= 15 is 0 Å². The standard InChI is InChI=1S/C17H13NOS/c1-4-8-16-13(5-1)17-12(9-10-20-16)11-18-14-6-2-3-7-15(14)19-17/h1-8,11H,9-10H2. The molecular formula is C17H13NOS. The van der Waals surface area contributed by atoms with Crippen molar-refractivity contribution in [2.75, 3.05) is 5.75 Å². The quantitative estimate of drug-likeness (QED) is 0.698. The summed E-state index contributed by atoms with van der Waals surface area (Å²) in [5.74, 6) is 2.84. The van der Waals surface area contributed by atoms with E-state index in [2.05, 4.69) is 29.3 Å². The van der Waals surface area contributed by atoms with Gasteiger partial charge in [0.1, 0.15) is 11.4 Å². The molecule has 0 aliphatic carbocycles. The van der Waals surface area contributed by atoms with Gasteiger partial charge in [-0.25, -0.2) is 0 Å². The molecular weight excluding hydrogens is 266 g/mol. The number of allylic oxidation sites excluding steroid dienone is 1. The molecule has 3 heteroatoms. The minimum absolute atomic E-state index is 0.829. The van der Waals surface area contributed by atoms with Crippen LogP contribution in [0.1, 0.15) is 12.0 Å². The second-order valence-corrected chi connectivity index (χ2v) is 5.91. The zero-order valence-corrected chi connectivity index (χ0v) is 11.7. The van der Waals surface area contributed by atoms with E-state index in [0.29, 0.717) is 0 Å². The van der Waals surface area contributed by atoms with Gasteiger partial charge >= 0.3 is 0 Å². The van der Waals surface area contributed by atoms with Gasteiger partial charge in [-0.2, -0.15) is 0 Å². The monoisotopic (exact) mass is 279 g/mol. The Labute approximate surface area is 122 Å². The minimum atomic E-state index is 0.829. The predicted octanol–water partition coefficient (Wildman–Crippen LogP) is 4.69. The van der Waals surface area contributed by atoms with Crippen molar-refractivity contribution >= 4 is 29.4 Å². The van der Waals surface area contributed by atoms with Crippen molar-refractivity contribution in [2.45, 2.75) is 11.3 Å². The SMILES string of the molecule is C1=Nc2ccccc2OC2=C1CCSc1ccccc12. The summed E-state index contributed by atoms with van der Waals surface area (Å²) in [5, 5.41) is 0. The van der Waals surface area contributed by atoms with Gasteiger partial charge in [-0.05, 0) is 24.6 Å². The molecule has 2 aromatic rings. The fraction of sp³-hybridized carbons (Fsp3) is 0.118. The Bertz CT molecular complexity index is 733. The largest absolute Gasteiger partial charge is 0.454 e. The fourth-order valence-electron chi connectivity index (χ4n) is 2.49. The van der Waals surface area contributed by atoms with Crippen molar-refractivity contribution in [3.63, 3.8) is 0 Å². The third-order valence-corrected chi connectivity index (χ3v) is 4.56. The van der Waals surface area contributed by atoms with Crippen LogP contribution < -0.4 is 4.74 Å². The average molecular weight is 279 g/mol. The molecule has 2 aromatic carbocycles. The number of ether oxygens (including phenoxy) is 1. The van der Waals surface area contributed by atoms with E-state index < -0.39 is 0 Å². The first kappa shape index (κ1) is 11.8. The second-order valence-electron chi connectivity index (χ2n) is 4.78. The molecule has 2 heterocycles. The number of para-hydroxylation sites is 2. The van der Waals surface area contributed by atoms with E-state index in [1.54, 1.807) is 0 Å². The molecule has 4 rings (SSSR count). The van der Waals surface area contributed by atoms with E-state index in [0.717, 1.165) is 29.4 Å². The molecule has 0 amide bonds. The molecule has 98 valence electrons. The smallest absolute Gasteiger partial charge is 0.153 e. The van der Waals surface area contributed by atoms with Gasteiger partial charge in [-0.1, -0.05) is 30.3 Å². The van der Waals surface area contributed by atoms with Crippen molar-refractivity contribution in [2.24, 2.45) is 4.99 Å². The molecule has 0 atom stereocenters. The molecule has 0 spiro atoms. The van der Waals surface area contributed by atoms with Crippen LogP contribution in [0.4, 0.5) is 5.69 Å². The molecule has 0 fully saturated rings. The highest BCUT2D eigenvalue weighted by atomic mass is 32.2. The van der Waals surface area contributed by atoms with Crippen LogP contribution in [0, 0.1) is 0 Å². The number of benzene rings is 2. The van der Waals surface area contributed by atoms with Gasteiger partial charge in [0.2, 0.25) is 0 Å². The Morgan fingerprint density at radius 3 is 2.85 bits per heavy atom. The zero-order chi connectivity index (χ0) is 13.4. The van der Waals surface area contributed by atoms with Gasteiger partial charge in [-0.3, -0.25) is 4.99 Å². The maximum Gasteiger partial charge on any atom is 0.153 e. The van der Waals surface area contributed by atoms with Crippen molar-refractivity contribution in [1.82, 2.24) is 0 Å². The Morgan fingerprint density at radius 2 is 1.85 bits per heavy atom. The lowest BCUT2D eigenvalue weighted by molar-refractivity contribution is 0.513. The normalized spacial score (nSPS) is 16.4. The summed E-state index contributed by atoms with van der Waals surface area (Å²) in [6.07, 6.45) is 2.94. The summed E-state index contributed by atoms with van der Waals surface area (Å²) >= 11 is 1.88. The number of hydrogen-bond acceptors (Lipinski definition) is 3. The summed E-state index contributed by atoms with van der Waals surface area (Å²) in [6.45, 7) is 0. The molecule has 2 nitrogen and oxygen atoms in total. The van der Waals surface area contributed by atoms with Crippen molar-refractivity contribution in [1.29, 1.82) is 0 Å². The Hall–Kier alpha value is -2.00. The van der Waals surface area contributed by atoms with Gasteiger partial charge in [0.25, 0.3) is 0 Å². The highest BCUT2D eigenvalue weighted by molar-refractivity contribution is 7.99. The molecule has 0 aromatic heterocycles. The summed E-state index contributed by atoms with van der Waals surface area (Å²) in [7, 11) is 0. The van der Waals surface area contributed by atoms with Crippen LogP contribution in [0.15, 0.2) is 64.0 Å². The highest BCUT2D eigenvalue weighted by Crippen LogP contribution is 2.40. The number of nitrogens with zero attached hydrogens (tertiary/aromatic N) is 1. The van der Waals surface area contributed by atoms with Gasteiger partial charge in [-0.15, -0.1) is 11.8 Å². The van der Waals surface area contributed by atoms with Crippen molar-refractivity contribution < 1.29 is 4.74 Å². The molecule has 0 saturated heterocycles. The van der Waals surface area contributed by atoms with Crippen LogP contribution in [0.2, 0.25) is 0 Å². The number of hydrogen-bond donors (Lipinski definition) is 0. The van der Waals surface area contributed by atoms with Crippen molar-refractivity contribution in [3.8, 4) is 5.75 Å². The van der Waals surface area contributed by atoms with Crippen LogP contribution >= 0.6 is 11.8 Å². The van der Waals surface area contributed by atoms with E-state index in [-0.39, 0.29) is 0 Å². The van der Waals surface area contributed by atoms with Gasteiger partial charge in [0.15, 0.2) is 5.75 Å². The van der Waals surface area contributed by atoms with E-state index in [1.807, 2.05) is 42.2 Å². The molecule has 0 radical (unpaired) electrons. The third-order valence-electron chi connectivity index (χ3n) is 3.49. The minimum Gasteiger partial charge on any atom is -0.454 e. The van der Waals surface area contributed by atoms with E-state index in [9.17, 15) is 0 Å². The van der Waals surface area contributed by atoms with Crippen LogP contribution in [0.25, 0.3) is 5.76 Å². The predicted molar refractivity (Wildman–Crippen MR) is 83.9 cm³/mol. The molecule has 20 heavy (non-hydrogen) atoms. The highest BCUT2D eigenvalue weighted by Gasteiger charge is 2.21. The van der Waals surface area contributed by atoms with Gasteiger partial charge in [0.05, 0.1) is 0 Å². The first-order chi connectivity index (χ1) is 9.92. The Morgan fingerprint density at radius 1 is 1.00 bits per heavy atom. The van der Waals surface area contributed by atoms with Gasteiger partial charge < -0.3 is 4.74 Å². The summed E-state index contributed by atoms with van der Waals surface area (Å²) < 4.78 is 6.21. The van der Waals surface area contributed by atoms with E-state index in [1.165, 1.54) is 16.0 Å². The molecule has 0 bridgehead atoms. The van der Waals surface area contributed by atoms with Crippen LogP contribution in [0.5, 0.6) is 5.75 Å². The molecule has 0 unspecified atom stereocenters. The van der Waals surface area contributed by atoms with Crippen LogP contribution in [-0.4, -0.2) is 12.0 Å². The molecule has 0 saturated carbocycles. The lowest BCUT2D eigenvalue weighted by atomic mass is 10.1. The average Bonchev–Trinajstić information content (AvgIpc) is 2.77. The maximum atomic E-state index is 6.21. The number of thioether (sulfide) groups is 1. The zero-order valence-electron chi connectivity index (χ0n) is 10.9. The molecule has 2 aliphatic heterocycles. The van der Waals surface area contributed by atoms with Crippen molar-refractivity contribution in [3.05, 3.63) is 59.7 Å². The number of fused-ring (bicyclic) bond motifs is 3. The first-order valence-electron chi connectivity index (χ1n) is 6.68. The van der Waals surface area contributed by atoms with Crippen LogP contribution in [0.3, 0.4) is 0 Å². The molecule has 2 aliphatic rings. The number of rotatable bonds is 0. The second kappa shape index (κ2) is 4.84. The maximum absolute atomic E-state index is 6.21.